The first-order valence-corrected chi connectivity index (χ1v) is 22.5. The predicted molar refractivity (Wildman–Crippen MR) is 249 cm³/mol. The maximum absolute atomic E-state index is 14.1. The van der Waals surface area contributed by atoms with Gasteiger partial charge >= 0.3 is 12.2 Å². The minimum absolute atomic E-state index is 0.0643. The minimum atomic E-state index is -0.896. The Morgan fingerprint density at radius 1 is 0.742 bits per heavy atom. The zero-order valence-electron chi connectivity index (χ0n) is 37.2. The van der Waals surface area contributed by atoms with Gasteiger partial charge in [0, 0.05) is 30.6 Å². The van der Waals surface area contributed by atoms with Gasteiger partial charge in [-0.1, -0.05) is 72.8 Å². The van der Waals surface area contributed by atoms with Gasteiger partial charge in [-0.3, -0.25) is 9.59 Å². The Balaban J connectivity index is 0.875. The van der Waals surface area contributed by atoms with Crippen LogP contribution in [0, 0.1) is 5.92 Å². The van der Waals surface area contributed by atoms with Crippen LogP contribution in [0.2, 0.25) is 0 Å². The van der Waals surface area contributed by atoms with Crippen molar-refractivity contribution in [3.63, 3.8) is 0 Å². The van der Waals surface area contributed by atoms with Gasteiger partial charge in [-0.2, -0.15) is 0 Å². The number of amides is 4. The van der Waals surface area contributed by atoms with Crippen LogP contribution in [0.4, 0.5) is 9.59 Å². The maximum Gasteiger partial charge on any atom is 0.407 e. The van der Waals surface area contributed by atoms with Gasteiger partial charge in [0.15, 0.2) is 0 Å². The number of methoxy groups -OCH3 is 3. The number of fused-ring (bicyclic) bond motifs is 6. The third kappa shape index (κ3) is 7.76. The number of hydrogen-bond donors (Lipinski definition) is 4. The number of imidazole rings is 2. The molecule has 66 heavy (non-hydrogen) atoms. The van der Waals surface area contributed by atoms with Crippen LogP contribution in [0.1, 0.15) is 74.4 Å². The smallest absolute Gasteiger partial charge is 0.407 e. The number of nitrogens with zero attached hydrogens (tertiary/aromatic N) is 4. The monoisotopic (exact) mass is 888 g/mol. The topological polar surface area (TPSA) is 184 Å². The van der Waals surface area contributed by atoms with E-state index >= 15 is 0 Å². The molecule has 3 fully saturated rings. The highest BCUT2D eigenvalue weighted by Gasteiger charge is 2.52. The quantitative estimate of drug-likeness (QED) is 0.0989. The average Bonchev–Trinajstić information content (AvgIpc) is 4.23. The lowest BCUT2D eigenvalue weighted by molar-refractivity contribution is -0.141. The zero-order valence-corrected chi connectivity index (χ0v) is 37.2. The van der Waals surface area contributed by atoms with Gasteiger partial charge in [-0.05, 0) is 102 Å². The van der Waals surface area contributed by atoms with Gasteiger partial charge in [-0.25, -0.2) is 19.6 Å². The van der Waals surface area contributed by atoms with E-state index in [0.29, 0.717) is 12.1 Å². The van der Waals surface area contributed by atoms with Crippen molar-refractivity contribution in [2.75, 3.05) is 27.9 Å². The minimum Gasteiger partial charge on any atom is -0.453 e. The molecule has 1 saturated carbocycles. The van der Waals surface area contributed by atoms with Crippen LogP contribution >= 0.6 is 0 Å². The normalized spacial score (nSPS) is 20.4. The van der Waals surface area contributed by atoms with Crippen molar-refractivity contribution in [3.8, 4) is 22.4 Å². The van der Waals surface area contributed by atoms with Gasteiger partial charge < -0.3 is 44.6 Å². The van der Waals surface area contributed by atoms with Crippen LogP contribution in [0.15, 0.2) is 103 Å². The van der Waals surface area contributed by atoms with Crippen LogP contribution in [-0.2, 0) is 23.8 Å². The van der Waals surface area contributed by atoms with E-state index in [1.807, 2.05) is 52.4 Å². The molecule has 0 radical (unpaired) electrons. The molecule has 4 heterocycles. The molecule has 1 aliphatic carbocycles. The molecule has 2 aliphatic heterocycles. The van der Waals surface area contributed by atoms with Crippen LogP contribution in [0.3, 0.4) is 0 Å². The summed E-state index contributed by atoms with van der Waals surface area (Å²) in [5, 5.41) is 9.66. The van der Waals surface area contributed by atoms with Crippen molar-refractivity contribution in [2.24, 2.45) is 5.92 Å². The molecule has 2 bridgehead atoms. The molecule has 0 spiro atoms. The molecule has 0 unspecified atom stereocenters. The molecule has 4 amide bonds. The van der Waals surface area contributed by atoms with Crippen molar-refractivity contribution in [2.45, 2.75) is 75.3 Å². The molecule has 338 valence electrons. The first-order valence-electron chi connectivity index (χ1n) is 22.5. The summed E-state index contributed by atoms with van der Waals surface area (Å²) >= 11 is 0. The average molecular weight is 889 g/mol. The van der Waals surface area contributed by atoms with E-state index in [1.54, 1.807) is 6.92 Å². The van der Waals surface area contributed by atoms with Crippen LogP contribution in [-0.4, -0.2) is 99.8 Å². The number of aromatic nitrogens is 4. The van der Waals surface area contributed by atoms with E-state index < -0.39 is 30.4 Å². The van der Waals surface area contributed by atoms with E-state index in [0.717, 1.165) is 98.7 Å². The first kappa shape index (κ1) is 42.7. The molecule has 15 nitrogen and oxygen atoms in total. The Morgan fingerprint density at radius 2 is 1.44 bits per heavy atom. The Hall–Kier alpha value is -7.26. The second-order valence-corrected chi connectivity index (χ2v) is 17.6. The third-order valence-electron chi connectivity index (χ3n) is 13.9. The van der Waals surface area contributed by atoms with Gasteiger partial charge in [0.05, 0.1) is 55.3 Å². The summed E-state index contributed by atoms with van der Waals surface area (Å²) in [5.74, 6) is 1.31. The zero-order chi connectivity index (χ0) is 45.6. The molecule has 10 rings (SSSR count). The maximum atomic E-state index is 14.1. The highest BCUT2D eigenvalue weighted by atomic mass is 16.5. The number of rotatable bonds is 11. The Bertz CT molecular complexity index is 2990. The Labute approximate surface area is 381 Å². The van der Waals surface area contributed by atoms with Crippen molar-refractivity contribution in [1.29, 1.82) is 0 Å². The van der Waals surface area contributed by atoms with Crippen molar-refractivity contribution in [3.05, 3.63) is 120 Å². The summed E-state index contributed by atoms with van der Waals surface area (Å²) in [6.45, 7) is 2.31. The number of carbonyl (C=O) groups excluding carboxylic acids is 4. The lowest BCUT2D eigenvalue weighted by Crippen LogP contribution is -2.56. The number of ether oxygens (including phenoxy) is 3. The number of nitrogens with one attached hydrogen (secondary N) is 4. The summed E-state index contributed by atoms with van der Waals surface area (Å²) < 4.78 is 15.2. The molecule has 15 heteroatoms. The van der Waals surface area contributed by atoms with E-state index in [1.165, 1.54) is 21.3 Å². The van der Waals surface area contributed by atoms with E-state index in [4.69, 9.17) is 24.2 Å². The summed E-state index contributed by atoms with van der Waals surface area (Å²) in [5.41, 5.74) is 6.42. The molecule has 7 atom stereocenters. The predicted octanol–water partition coefficient (Wildman–Crippen LogP) is 8.50. The van der Waals surface area contributed by atoms with E-state index in [9.17, 15) is 19.2 Å². The molecule has 5 aromatic carbocycles. The first-order chi connectivity index (χ1) is 32.1. The number of benzene rings is 5. The molecular weight excluding hydrogens is 837 g/mol. The second-order valence-electron chi connectivity index (χ2n) is 17.6. The lowest BCUT2D eigenvalue weighted by Gasteiger charge is -2.37. The van der Waals surface area contributed by atoms with Gasteiger partial charge in [0.25, 0.3) is 5.91 Å². The van der Waals surface area contributed by atoms with Crippen LogP contribution in [0.5, 0.6) is 0 Å². The van der Waals surface area contributed by atoms with Gasteiger partial charge in [0.2, 0.25) is 5.91 Å². The van der Waals surface area contributed by atoms with Gasteiger partial charge in [-0.15, -0.1) is 0 Å². The van der Waals surface area contributed by atoms with Crippen molar-refractivity contribution < 1.29 is 33.4 Å². The second kappa shape index (κ2) is 17.6. The number of aromatic amines is 2. The fourth-order valence-corrected chi connectivity index (χ4v) is 10.5. The lowest BCUT2D eigenvalue weighted by atomic mass is 9.96. The molecule has 4 N–H and O–H groups in total. The number of H-pyrrole nitrogens is 2. The third-order valence-corrected chi connectivity index (χ3v) is 13.9. The molecular formula is C51H52N8O7. The fourth-order valence-electron chi connectivity index (χ4n) is 10.5. The molecule has 2 saturated heterocycles. The number of hydrogen-bond acceptors (Lipinski definition) is 9. The molecule has 3 aliphatic rings. The Morgan fingerprint density at radius 3 is 2.20 bits per heavy atom. The number of piperidine rings is 1. The fraction of sp³-hybridized carbons (Fsp3) is 0.333. The molecule has 7 aromatic rings. The van der Waals surface area contributed by atoms with Crippen molar-refractivity contribution >= 4 is 56.6 Å². The Kier molecular flexibility index (Phi) is 11.4. The summed E-state index contributed by atoms with van der Waals surface area (Å²) in [7, 11) is 4.09. The molecule has 2 aromatic heterocycles. The largest absolute Gasteiger partial charge is 0.453 e. The highest BCUT2D eigenvalue weighted by Crippen LogP contribution is 2.50. The summed E-state index contributed by atoms with van der Waals surface area (Å²) in [4.78, 5) is 73.5. The number of carbonyl (C=O) groups is 4. The highest BCUT2D eigenvalue weighted by molar-refractivity contribution is 6.06. The summed E-state index contributed by atoms with van der Waals surface area (Å²) in [6.07, 6.45) is 4.30. The van der Waals surface area contributed by atoms with Crippen LogP contribution in [0.25, 0.3) is 55.0 Å². The van der Waals surface area contributed by atoms with Crippen molar-refractivity contribution in [1.82, 2.24) is 40.4 Å². The number of alkyl carbamates (subject to hydrolysis) is 2. The SMILES string of the molecule is COC(=O)N[C@H](C(=O)N1[C@@H]2CC[C@@H](C2)[C@H]1c1ncc(-c2ccc3cc(-c4ccc5c(ccc6[nH]c([C@@H]7CCCN7C(=O)[C@H](NC(=O)OC)c7ccccc7)nc65)c4)ccc3c2)[nH]1)[C@@H](C)OC. The standard InChI is InChI=1S/C51H52N8O7/c1-28(64-2)42(56-50(62)65-3)49(61)59-37-19-16-36(26-37)45(59)47-52-27-40(54-47)35-15-14-31-23-30(12-13-32(31)25-35)33-17-20-38-34(24-33)18-21-39-44(38)55-46(53-39)41-11-8-22-58(41)48(60)43(57-51(63)66-4)29-9-6-5-7-10-29/h5-7,9-10,12-15,17-18,20-21,23-25,27-28,36-37,41-43,45H,8,11,16,19,22,26H2,1-4H3,(H,52,54)(H,53,55)(H,56,62)(H,57,63)/t28-,36+,37-,41+,42+,43-,45+/m1/s1. The number of likely N-dealkylation sites (tertiary alicyclic amines) is 2. The van der Waals surface area contributed by atoms with E-state index in [2.05, 4.69) is 81.3 Å². The van der Waals surface area contributed by atoms with E-state index in [-0.39, 0.29) is 35.9 Å². The summed E-state index contributed by atoms with van der Waals surface area (Å²) in [6, 6.07) is 30.4. The van der Waals surface area contributed by atoms with Crippen LogP contribution < -0.4 is 10.6 Å². The van der Waals surface area contributed by atoms with Gasteiger partial charge in [0.1, 0.15) is 23.7 Å².